The van der Waals surface area contributed by atoms with Crippen LogP contribution in [-0.2, 0) is 11.2 Å². The Morgan fingerprint density at radius 3 is 2.73 bits per heavy atom. The zero-order valence-electron chi connectivity index (χ0n) is 13.0. The zero-order chi connectivity index (χ0) is 16.1. The van der Waals surface area contributed by atoms with Gasteiger partial charge in [-0.05, 0) is 26.0 Å². The number of benzene rings is 1. The number of rotatable bonds is 5. The molecule has 1 atom stereocenters. The molecule has 0 radical (unpaired) electrons. The van der Waals surface area contributed by atoms with Crippen LogP contribution >= 0.6 is 0 Å². The van der Waals surface area contributed by atoms with Crippen LogP contribution in [-0.4, -0.2) is 28.9 Å². The van der Waals surface area contributed by atoms with E-state index in [1.807, 2.05) is 37.3 Å². The average molecular weight is 297 g/mol. The monoisotopic (exact) mass is 297 g/mol. The molecule has 1 aromatic carbocycles. The number of likely N-dealkylation sites (N-methyl/N-ethyl adjacent to an activating group) is 1. The number of hydrogen-bond donors (Lipinski definition) is 0. The summed E-state index contributed by atoms with van der Waals surface area (Å²) in [5.41, 5.74) is 1.52. The van der Waals surface area contributed by atoms with Crippen LogP contribution in [0.2, 0.25) is 0 Å². The number of aromatic nitrogens is 1. The van der Waals surface area contributed by atoms with Gasteiger partial charge in [-0.2, -0.15) is 5.26 Å². The molecule has 0 aliphatic heterocycles. The summed E-state index contributed by atoms with van der Waals surface area (Å²) in [7, 11) is 1.71. The van der Waals surface area contributed by atoms with Crippen LogP contribution in [0.3, 0.4) is 0 Å². The zero-order valence-corrected chi connectivity index (χ0v) is 13.0. The number of amides is 1. The third kappa shape index (κ3) is 3.53. The molecule has 0 bridgehead atoms. The highest BCUT2D eigenvalue weighted by Crippen LogP contribution is 2.22. The molecule has 2 aromatic rings. The van der Waals surface area contributed by atoms with E-state index in [0.29, 0.717) is 23.8 Å². The lowest BCUT2D eigenvalue weighted by molar-refractivity contribution is -0.130. The van der Waals surface area contributed by atoms with Gasteiger partial charge in [-0.25, -0.2) is 4.98 Å². The van der Waals surface area contributed by atoms with E-state index in [9.17, 15) is 4.79 Å². The van der Waals surface area contributed by atoms with Crippen molar-refractivity contribution in [3.8, 4) is 17.5 Å². The van der Waals surface area contributed by atoms with Crippen molar-refractivity contribution in [1.29, 1.82) is 5.26 Å². The Kier molecular flexibility index (Phi) is 4.95. The van der Waals surface area contributed by atoms with Crippen LogP contribution in [0, 0.1) is 18.3 Å². The maximum Gasteiger partial charge on any atom is 0.228 e. The first-order valence-electron chi connectivity index (χ1n) is 7.17. The van der Waals surface area contributed by atoms with Gasteiger partial charge in [-0.3, -0.25) is 4.79 Å². The molecule has 1 aromatic heterocycles. The summed E-state index contributed by atoms with van der Waals surface area (Å²) in [4.78, 5) is 18.3. The van der Waals surface area contributed by atoms with E-state index >= 15 is 0 Å². The van der Waals surface area contributed by atoms with Gasteiger partial charge in [0, 0.05) is 18.7 Å². The van der Waals surface area contributed by atoms with Crippen molar-refractivity contribution in [2.45, 2.75) is 32.7 Å². The maximum absolute atomic E-state index is 12.3. The molecular weight excluding hydrogens is 278 g/mol. The third-order valence-electron chi connectivity index (χ3n) is 3.67. The first-order chi connectivity index (χ1) is 10.5. The molecule has 0 saturated heterocycles. The van der Waals surface area contributed by atoms with E-state index < -0.39 is 0 Å². The van der Waals surface area contributed by atoms with Crippen molar-refractivity contribution in [2.24, 2.45) is 0 Å². The molecule has 0 saturated carbocycles. The summed E-state index contributed by atoms with van der Waals surface area (Å²) in [6, 6.07) is 11.5. The molecular formula is C17H19N3O2. The van der Waals surface area contributed by atoms with Gasteiger partial charge >= 0.3 is 0 Å². The lowest BCUT2D eigenvalue weighted by Crippen LogP contribution is -2.36. The van der Waals surface area contributed by atoms with Gasteiger partial charge in [0.2, 0.25) is 11.8 Å². The third-order valence-corrected chi connectivity index (χ3v) is 3.67. The highest BCUT2D eigenvalue weighted by atomic mass is 16.4. The van der Waals surface area contributed by atoms with Gasteiger partial charge in [0.25, 0.3) is 0 Å². The normalized spacial score (nSPS) is 11.7. The second-order valence-electron chi connectivity index (χ2n) is 5.28. The molecule has 22 heavy (non-hydrogen) atoms. The van der Waals surface area contributed by atoms with Gasteiger partial charge in [-0.15, -0.1) is 0 Å². The van der Waals surface area contributed by atoms with Crippen molar-refractivity contribution in [1.82, 2.24) is 9.88 Å². The second-order valence-corrected chi connectivity index (χ2v) is 5.28. The molecule has 0 unspecified atom stereocenters. The van der Waals surface area contributed by atoms with Crippen LogP contribution in [0.15, 0.2) is 34.7 Å². The van der Waals surface area contributed by atoms with Gasteiger partial charge < -0.3 is 9.32 Å². The van der Waals surface area contributed by atoms with E-state index in [0.717, 1.165) is 5.56 Å². The van der Waals surface area contributed by atoms with Crippen LogP contribution in [0.4, 0.5) is 0 Å². The molecule has 0 fully saturated rings. The summed E-state index contributed by atoms with van der Waals surface area (Å²) in [5, 5.41) is 8.72. The second kappa shape index (κ2) is 6.90. The number of nitriles is 1. The van der Waals surface area contributed by atoms with E-state index in [4.69, 9.17) is 9.68 Å². The largest absolute Gasteiger partial charge is 0.441 e. The first kappa shape index (κ1) is 15.8. The molecule has 5 heteroatoms. The molecule has 5 nitrogen and oxygen atoms in total. The first-order valence-corrected chi connectivity index (χ1v) is 7.17. The van der Waals surface area contributed by atoms with Crippen LogP contribution in [0.25, 0.3) is 11.5 Å². The van der Waals surface area contributed by atoms with Gasteiger partial charge in [-0.1, -0.05) is 18.2 Å². The number of oxazole rings is 1. The highest BCUT2D eigenvalue weighted by Gasteiger charge is 2.20. The lowest BCUT2D eigenvalue weighted by atomic mass is 10.2. The standard InChI is InChI=1S/C17H19N3O2/c1-12(9-10-18)20(3)16(21)11-15-13(2)22-17(19-15)14-7-5-4-6-8-14/h4-8,12H,9,11H2,1-3H3/t12-/m1/s1. The van der Waals surface area contributed by atoms with E-state index in [1.165, 1.54) is 0 Å². The Morgan fingerprint density at radius 2 is 2.09 bits per heavy atom. The Balaban J connectivity index is 2.13. The SMILES string of the molecule is Cc1oc(-c2ccccc2)nc1CC(=O)N(C)[C@H](C)CC#N. The minimum absolute atomic E-state index is 0.0706. The molecule has 114 valence electrons. The van der Waals surface area contributed by atoms with Crippen molar-refractivity contribution in [2.75, 3.05) is 7.05 Å². The number of carbonyl (C=O) groups is 1. The number of carbonyl (C=O) groups excluding carboxylic acids is 1. The van der Waals surface area contributed by atoms with Crippen molar-refractivity contribution < 1.29 is 9.21 Å². The summed E-state index contributed by atoms with van der Waals surface area (Å²) >= 11 is 0. The van der Waals surface area contributed by atoms with Crippen molar-refractivity contribution in [3.63, 3.8) is 0 Å². The van der Waals surface area contributed by atoms with E-state index in [1.54, 1.807) is 18.9 Å². The lowest BCUT2D eigenvalue weighted by Gasteiger charge is -2.22. The maximum atomic E-state index is 12.3. The summed E-state index contributed by atoms with van der Waals surface area (Å²) in [5.74, 6) is 1.10. The Morgan fingerprint density at radius 1 is 1.41 bits per heavy atom. The number of hydrogen-bond acceptors (Lipinski definition) is 4. The van der Waals surface area contributed by atoms with Gasteiger partial charge in [0.15, 0.2) is 0 Å². The molecule has 1 amide bonds. The summed E-state index contributed by atoms with van der Waals surface area (Å²) in [6.07, 6.45) is 0.490. The van der Waals surface area contributed by atoms with Crippen molar-refractivity contribution >= 4 is 5.91 Å². The fourth-order valence-corrected chi connectivity index (χ4v) is 2.08. The summed E-state index contributed by atoms with van der Waals surface area (Å²) < 4.78 is 5.66. The quantitative estimate of drug-likeness (QED) is 0.850. The number of aryl methyl sites for hydroxylation is 1. The molecule has 0 aliphatic rings. The minimum Gasteiger partial charge on any atom is -0.441 e. The smallest absolute Gasteiger partial charge is 0.228 e. The van der Waals surface area contributed by atoms with Gasteiger partial charge in [0.1, 0.15) is 5.76 Å². The highest BCUT2D eigenvalue weighted by molar-refractivity contribution is 5.78. The van der Waals surface area contributed by atoms with Crippen LogP contribution in [0.1, 0.15) is 24.8 Å². The topological polar surface area (TPSA) is 70.1 Å². The fraction of sp³-hybridized carbons (Fsp3) is 0.353. The predicted octanol–water partition coefficient (Wildman–Crippen LogP) is 2.95. The Labute approximate surface area is 130 Å². The van der Waals surface area contributed by atoms with Crippen molar-refractivity contribution in [3.05, 3.63) is 41.8 Å². The molecule has 2 rings (SSSR count). The fourth-order valence-electron chi connectivity index (χ4n) is 2.08. The predicted molar refractivity (Wildman–Crippen MR) is 82.8 cm³/mol. The average Bonchev–Trinajstić information content (AvgIpc) is 2.88. The molecule has 0 aliphatic carbocycles. The Hall–Kier alpha value is -2.61. The minimum atomic E-state index is -0.113. The molecule has 0 N–H and O–H groups in total. The molecule has 0 spiro atoms. The number of nitrogens with zero attached hydrogens (tertiary/aromatic N) is 3. The van der Waals surface area contributed by atoms with Crippen LogP contribution < -0.4 is 0 Å². The van der Waals surface area contributed by atoms with Crippen LogP contribution in [0.5, 0.6) is 0 Å². The van der Waals surface area contributed by atoms with E-state index in [-0.39, 0.29) is 18.4 Å². The summed E-state index contributed by atoms with van der Waals surface area (Å²) in [6.45, 7) is 3.66. The van der Waals surface area contributed by atoms with E-state index in [2.05, 4.69) is 11.1 Å². The molecule has 1 heterocycles. The Bertz CT molecular complexity index is 686. The van der Waals surface area contributed by atoms with Gasteiger partial charge in [0.05, 0.1) is 24.6 Å².